The predicted octanol–water partition coefficient (Wildman–Crippen LogP) is 3.93. The fraction of sp³-hybridized carbons (Fsp3) is 0.435. The Kier molecular flexibility index (Phi) is 6.40. The maximum atomic E-state index is 12.7. The normalized spacial score (nSPS) is 19.1. The van der Waals surface area contributed by atoms with E-state index in [0.29, 0.717) is 24.4 Å². The molecule has 4 rings (SSSR count). The maximum absolute atomic E-state index is 12.7. The number of carbonyl (C=O) groups excluding carboxylic acids is 1. The number of carbonyl (C=O) groups is 1. The number of fused-ring (bicyclic) bond motifs is 1. The molecule has 0 bridgehead atoms. The number of anilines is 1. The number of pyridine rings is 1. The smallest absolute Gasteiger partial charge is 0.228 e. The van der Waals surface area contributed by atoms with Crippen LogP contribution in [0.25, 0.3) is 22.1 Å². The highest BCUT2D eigenvalue weighted by atomic mass is 16.5. The highest BCUT2D eigenvalue weighted by molar-refractivity contribution is 5.94. The number of nitrogens with one attached hydrogen (secondary N) is 2. The fourth-order valence-electron chi connectivity index (χ4n) is 4.01. The Bertz CT molecular complexity index is 1010. The molecule has 2 heterocycles. The van der Waals surface area contributed by atoms with Gasteiger partial charge in [-0.1, -0.05) is 12.1 Å². The van der Waals surface area contributed by atoms with Crippen molar-refractivity contribution < 1.29 is 13.9 Å². The lowest BCUT2D eigenvalue weighted by atomic mass is 9.85. The number of hydrogen-bond acceptors (Lipinski definition) is 6. The number of hydrogen-bond donors (Lipinski definition) is 2. The quantitative estimate of drug-likeness (QED) is 0.576. The van der Waals surface area contributed by atoms with Gasteiger partial charge in [-0.15, -0.1) is 0 Å². The van der Waals surface area contributed by atoms with Gasteiger partial charge in [-0.3, -0.25) is 4.79 Å². The summed E-state index contributed by atoms with van der Waals surface area (Å²) >= 11 is 0. The number of rotatable bonds is 7. The zero-order chi connectivity index (χ0) is 20.9. The van der Waals surface area contributed by atoms with Crippen LogP contribution >= 0.6 is 0 Å². The van der Waals surface area contributed by atoms with Crippen molar-refractivity contribution >= 4 is 22.5 Å². The van der Waals surface area contributed by atoms with Crippen LogP contribution in [0.4, 0.5) is 5.82 Å². The molecule has 7 nitrogen and oxygen atoms in total. The van der Waals surface area contributed by atoms with E-state index < -0.39 is 0 Å². The number of benzene rings is 1. The number of aryl methyl sites for hydroxylation is 1. The number of methoxy groups -OCH3 is 1. The van der Waals surface area contributed by atoms with Gasteiger partial charge in [0.1, 0.15) is 5.82 Å². The van der Waals surface area contributed by atoms with Gasteiger partial charge in [0.25, 0.3) is 0 Å². The number of amides is 1. The van der Waals surface area contributed by atoms with Gasteiger partial charge in [0.05, 0.1) is 12.8 Å². The van der Waals surface area contributed by atoms with Crippen molar-refractivity contribution in [1.82, 2.24) is 15.3 Å². The van der Waals surface area contributed by atoms with Crippen LogP contribution in [0, 0.1) is 12.8 Å². The fourth-order valence-corrected chi connectivity index (χ4v) is 4.01. The second kappa shape index (κ2) is 9.36. The van der Waals surface area contributed by atoms with Gasteiger partial charge >= 0.3 is 0 Å². The lowest BCUT2D eigenvalue weighted by Gasteiger charge is -2.28. The maximum Gasteiger partial charge on any atom is 0.228 e. The summed E-state index contributed by atoms with van der Waals surface area (Å²) in [6.07, 6.45) is 7.30. The SMILES string of the molecule is COCCNC1CCC(C(=O)Nc2cc3cc(-c4cnc(C)o4)ccc3cn2)CC1. The Labute approximate surface area is 176 Å². The number of nitrogens with zero attached hydrogens (tertiary/aromatic N) is 2. The van der Waals surface area contributed by atoms with E-state index in [1.807, 2.05) is 31.2 Å². The summed E-state index contributed by atoms with van der Waals surface area (Å²) in [5.41, 5.74) is 0.950. The Morgan fingerprint density at radius 2 is 1.97 bits per heavy atom. The minimum Gasteiger partial charge on any atom is -0.441 e. The van der Waals surface area contributed by atoms with Crippen molar-refractivity contribution in [1.29, 1.82) is 0 Å². The summed E-state index contributed by atoms with van der Waals surface area (Å²) in [5, 5.41) is 8.51. The molecule has 0 radical (unpaired) electrons. The topological polar surface area (TPSA) is 89.3 Å². The summed E-state index contributed by atoms with van der Waals surface area (Å²) < 4.78 is 10.7. The minimum absolute atomic E-state index is 0.0338. The van der Waals surface area contributed by atoms with Gasteiger partial charge in [0, 0.05) is 49.7 Å². The van der Waals surface area contributed by atoms with Gasteiger partial charge in [0.15, 0.2) is 11.7 Å². The van der Waals surface area contributed by atoms with Gasteiger partial charge in [-0.05, 0) is 43.2 Å². The van der Waals surface area contributed by atoms with Crippen molar-refractivity contribution in [2.75, 3.05) is 25.6 Å². The van der Waals surface area contributed by atoms with Crippen molar-refractivity contribution in [3.8, 4) is 11.3 Å². The zero-order valence-electron chi connectivity index (χ0n) is 17.5. The molecule has 0 aliphatic heterocycles. The van der Waals surface area contributed by atoms with E-state index in [0.717, 1.165) is 54.3 Å². The Balaban J connectivity index is 1.39. The molecule has 0 atom stereocenters. The zero-order valence-corrected chi connectivity index (χ0v) is 17.5. The van der Waals surface area contributed by atoms with E-state index >= 15 is 0 Å². The van der Waals surface area contributed by atoms with Crippen molar-refractivity contribution in [2.24, 2.45) is 5.92 Å². The third kappa shape index (κ3) is 4.86. The van der Waals surface area contributed by atoms with Gasteiger partial charge in [-0.25, -0.2) is 9.97 Å². The first kappa shape index (κ1) is 20.5. The predicted molar refractivity (Wildman–Crippen MR) is 116 cm³/mol. The highest BCUT2D eigenvalue weighted by Crippen LogP contribution is 2.28. The molecule has 1 aromatic carbocycles. The number of oxazole rings is 1. The molecule has 1 aliphatic rings. The van der Waals surface area contributed by atoms with Crippen LogP contribution in [-0.4, -0.2) is 42.2 Å². The second-order valence-electron chi connectivity index (χ2n) is 7.86. The number of ether oxygens (including phenoxy) is 1. The van der Waals surface area contributed by atoms with Gasteiger partial charge in [-0.2, -0.15) is 0 Å². The molecule has 0 unspecified atom stereocenters. The summed E-state index contributed by atoms with van der Waals surface area (Å²) in [7, 11) is 1.71. The Morgan fingerprint density at radius 1 is 1.13 bits per heavy atom. The van der Waals surface area contributed by atoms with E-state index in [1.54, 1.807) is 19.5 Å². The second-order valence-corrected chi connectivity index (χ2v) is 7.86. The Morgan fingerprint density at radius 3 is 2.70 bits per heavy atom. The van der Waals surface area contributed by atoms with Gasteiger partial charge < -0.3 is 19.8 Å². The van der Waals surface area contributed by atoms with Crippen molar-refractivity contribution in [3.05, 3.63) is 42.5 Å². The number of aromatic nitrogens is 2. The van der Waals surface area contributed by atoms with Crippen LogP contribution in [0.2, 0.25) is 0 Å². The van der Waals surface area contributed by atoms with Crippen LogP contribution in [0.3, 0.4) is 0 Å². The van der Waals surface area contributed by atoms with Gasteiger partial charge in [0.2, 0.25) is 5.91 Å². The molecule has 30 heavy (non-hydrogen) atoms. The Hall–Kier alpha value is -2.77. The van der Waals surface area contributed by atoms with Crippen molar-refractivity contribution in [3.63, 3.8) is 0 Å². The molecule has 2 aromatic heterocycles. The molecule has 2 N–H and O–H groups in total. The highest BCUT2D eigenvalue weighted by Gasteiger charge is 2.26. The first-order valence-electron chi connectivity index (χ1n) is 10.5. The average Bonchev–Trinajstić information content (AvgIpc) is 3.20. The first-order chi connectivity index (χ1) is 14.6. The molecular formula is C23H28N4O3. The average molecular weight is 409 g/mol. The molecule has 0 spiro atoms. The molecule has 1 amide bonds. The van der Waals surface area contributed by atoms with E-state index in [2.05, 4.69) is 20.6 Å². The van der Waals surface area contributed by atoms with Crippen LogP contribution in [0.1, 0.15) is 31.6 Å². The molecule has 158 valence electrons. The lowest BCUT2D eigenvalue weighted by molar-refractivity contribution is -0.120. The molecule has 0 saturated heterocycles. The summed E-state index contributed by atoms with van der Waals surface area (Å²) in [6, 6.07) is 8.41. The summed E-state index contributed by atoms with van der Waals surface area (Å²) in [6.45, 7) is 3.39. The standard InChI is InChI=1S/C23H28N4O3/c1-15-25-14-21(30-15)17-3-4-18-13-26-22(12-19(18)11-17)27-23(28)16-5-7-20(8-6-16)24-9-10-29-2/h3-4,11-14,16,20,24H,5-10H2,1-2H3,(H,26,27,28). The van der Waals surface area contributed by atoms with E-state index in [9.17, 15) is 4.79 Å². The third-order valence-corrected chi connectivity index (χ3v) is 5.72. The van der Waals surface area contributed by atoms with Crippen molar-refractivity contribution in [2.45, 2.75) is 38.6 Å². The molecule has 1 fully saturated rings. The third-order valence-electron chi connectivity index (χ3n) is 5.72. The minimum atomic E-state index is 0.0338. The summed E-state index contributed by atoms with van der Waals surface area (Å²) in [4.78, 5) is 21.3. The largest absolute Gasteiger partial charge is 0.441 e. The van der Waals surface area contributed by atoms with E-state index in [-0.39, 0.29) is 11.8 Å². The molecule has 3 aromatic rings. The van der Waals surface area contributed by atoms with E-state index in [1.165, 1.54) is 0 Å². The van der Waals surface area contributed by atoms with Crippen LogP contribution in [0.5, 0.6) is 0 Å². The molecule has 1 aliphatic carbocycles. The molecule has 1 saturated carbocycles. The van der Waals surface area contributed by atoms with Crippen LogP contribution < -0.4 is 10.6 Å². The lowest BCUT2D eigenvalue weighted by Crippen LogP contribution is -2.37. The monoisotopic (exact) mass is 408 g/mol. The molecule has 7 heteroatoms. The first-order valence-corrected chi connectivity index (χ1v) is 10.5. The summed E-state index contributed by atoms with van der Waals surface area (Å²) in [5.74, 6) is 2.04. The molecular weight excluding hydrogens is 380 g/mol. The van der Waals surface area contributed by atoms with Crippen LogP contribution in [-0.2, 0) is 9.53 Å². The van der Waals surface area contributed by atoms with Crippen LogP contribution in [0.15, 0.2) is 41.1 Å². The van der Waals surface area contributed by atoms with E-state index in [4.69, 9.17) is 9.15 Å².